The highest BCUT2D eigenvalue weighted by atomic mass is 16.5. The standard InChI is InChI=1S/C15H28N4O/c1-3-8-19-12-13(2)17-15(19)18-9-5-14(6-10-18)20-11-4-7-16/h12,14H,3-11,16H2,1-2H3. The molecule has 0 saturated carbocycles. The zero-order valence-corrected chi connectivity index (χ0v) is 12.8. The number of hydrogen-bond acceptors (Lipinski definition) is 4. The Kier molecular flexibility index (Phi) is 5.86. The fourth-order valence-corrected chi connectivity index (χ4v) is 2.75. The van der Waals surface area contributed by atoms with Crippen molar-refractivity contribution < 1.29 is 4.74 Å². The monoisotopic (exact) mass is 280 g/mol. The first-order chi connectivity index (χ1) is 9.74. The summed E-state index contributed by atoms with van der Waals surface area (Å²) in [4.78, 5) is 7.08. The van der Waals surface area contributed by atoms with Gasteiger partial charge < -0.3 is 19.9 Å². The summed E-state index contributed by atoms with van der Waals surface area (Å²) < 4.78 is 8.14. The molecule has 0 amide bonds. The Bertz CT molecular complexity index is 397. The van der Waals surface area contributed by atoms with Crippen LogP contribution in [0.1, 0.15) is 38.3 Å². The van der Waals surface area contributed by atoms with Gasteiger partial charge in [0, 0.05) is 32.4 Å². The van der Waals surface area contributed by atoms with Gasteiger partial charge in [-0.2, -0.15) is 0 Å². The van der Waals surface area contributed by atoms with Crippen molar-refractivity contribution in [1.29, 1.82) is 0 Å². The van der Waals surface area contributed by atoms with Crippen LogP contribution < -0.4 is 10.6 Å². The van der Waals surface area contributed by atoms with E-state index in [0.29, 0.717) is 12.6 Å². The van der Waals surface area contributed by atoms with Gasteiger partial charge in [-0.25, -0.2) is 4.98 Å². The third-order valence-corrected chi connectivity index (χ3v) is 3.77. The molecule has 0 atom stereocenters. The predicted octanol–water partition coefficient (Wildman–Crippen LogP) is 1.94. The molecule has 5 nitrogen and oxygen atoms in total. The van der Waals surface area contributed by atoms with Crippen LogP contribution in [-0.2, 0) is 11.3 Å². The van der Waals surface area contributed by atoms with Gasteiger partial charge in [-0.15, -0.1) is 0 Å². The first-order valence-corrected chi connectivity index (χ1v) is 7.85. The highest BCUT2D eigenvalue weighted by Crippen LogP contribution is 2.21. The maximum atomic E-state index is 5.86. The van der Waals surface area contributed by atoms with Gasteiger partial charge in [0.25, 0.3) is 0 Å². The van der Waals surface area contributed by atoms with Crippen molar-refractivity contribution in [3.8, 4) is 0 Å². The average Bonchev–Trinajstić information content (AvgIpc) is 2.81. The van der Waals surface area contributed by atoms with E-state index in [1.807, 2.05) is 0 Å². The topological polar surface area (TPSA) is 56.3 Å². The van der Waals surface area contributed by atoms with Crippen molar-refractivity contribution >= 4 is 5.95 Å². The summed E-state index contributed by atoms with van der Waals surface area (Å²) in [6.07, 6.45) is 6.82. The third-order valence-electron chi connectivity index (χ3n) is 3.77. The molecule has 1 aromatic rings. The molecule has 1 saturated heterocycles. The minimum absolute atomic E-state index is 0.397. The van der Waals surface area contributed by atoms with Crippen molar-refractivity contribution in [3.63, 3.8) is 0 Å². The first-order valence-electron chi connectivity index (χ1n) is 7.85. The van der Waals surface area contributed by atoms with Crippen LogP contribution in [0.4, 0.5) is 5.95 Å². The Morgan fingerprint density at radius 2 is 2.15 bits per heavy atom. The summed E-state index contributed by atoms with van der Waals surface area (Å²) in [5, 5.41) is 0. The SMILES string of the molecule is CCCn1cc(C)nc1N1CCC(OCCCN)CC1. The number of aromatic nitrogens is 2. The Balaban J connectivity index is 1.87. The van der Waals surface area contributed by atoms with Gasteiger partial charge in [-0.05, 0) is 39.2 Å². The van der Waals surface area contributed by atoms with Crippen LogP contribution in [0, 0.1) is 6.92 Å². The molecule has 1 aromatic heterocycles. The third kappa shape index (κ3) is 3.96. The van der Waals surface area contributed by atoms with Gasteiger partial charge >= 0.3 is 0 Å². The Morgan fingerprint density at radius 3 is 2.80 bits per heavy atom. The smallest absolute Gasteiger partial charge is 0.205 e. The fraction of sp³-hybridized carbons (Fsp3) is 0.800. The molecule has 0 spiro atoms. The second kappa shape index (κ2) is 7.64. The molecule has 114 valence electrons. The van der Waals surface area contributed by atoms with E-state index in [0.717, 1.165) is 63.6 Å². The van der Waals surface area contributed by atoms with E-state index >= 15 is 0 Å². The fourth-order valence-electron chi connectivity index (χ4n) is 2.75. The van der Waals surface area contributed by atoms with Crippen molar-refractivity contribution in [2.75, 3.05) is 31.1 Å². The molecular weight excluding hydrogens is 252 g/mol. The molecule has 0 unspecified atom stereocenters. The van der Waals surface area contributed by atoms with Crippen LogP contribution in [-0.4, -0.2) is 41.9 Å². The summed E-state index contributed by atoms with van der Waals surface area (Å²) in [6.45, 7) is 8.90. The number of ether oxygens (including phenoxy) is 1. The highest BCUT2D eigenvalue weighted by Gasteiger charge is 2.22. The predicted molar refractivity (Wildman–Crippen MR) is 82.1 cm³/mol. The molecule has 0 radical (unpaired) electrons. The maximum Gasteiger partial charge on any atom is 0.205 e. The van der Waals surface area contributed by atoms with E-state index in [2.05, 4.69) is 34.5 Å². The van der Waals surface area contributed by atoms with Crippen LogP contribution in [0.2, 0.25) is 0 Å². The van der Waals surface area contributed by atoms with Crippen molar-refractivity contribution in [2.45, 2.75) is 52.2 Å². The van der Waals surface area contributed by atoms with Gasteiger partial charge in [0.2, 0.25) is 5.95 Å². The van der Waals surface area contributed by atoms with E-state index in [1.165, 1.54) is 0 Å². The number of aryl methyl sites for hydroxylation is 2. The number of rotatable bonds is 7. The molecule has 0 bridgehead atoms. The van der Waals surface area contributed by atoms with Gasteiger partial charge in [0.1, 0.15) is 0 Å². The van der Waals surface area contributed by atoms with Crippen molar-refractivity contribution in [2.24, 2.45) is 5.73 Å². The summed E-state index contributed by atoms with van der Waals surface area (Å²) >= 11 is 0. The van der Waals surface area contributed by atoms with Gasteiger partial charge in [-0.1, -0.05) is 6.92 Å². The van der Waals surface area contributed by atoms with Crippen LogP contribution >= 0.6 is 0 Å². The number of nitrogens with two attached hydrogens (primary N) is 1. The second-order valence-electron chi connectivity index (χ2n) is 5.58. The lowest BCUT2D eigenvalue weighted by Crippen LogP contribution is -2.38. The summed E-state index contributed by atoms with van der Waals surface area (Å²) in [5.74, 6) is 1.13. The molecule has 2 heterocycles. The molecule has 0 aromatic carbocycles. The maximum absolute atomic E-state index is 5.86. The summed E-state index contributed by atoms with van der Waals surface area (Å²) in [5.41, 5.74) is 6.60. The highest BCUT2D eigenvalue weighted by molar-refractivity contribution is 5.34. The average molecular weight is 280 g/mol. The van der Waals surface area contributed by atoms with Crippen LogP contribution in [0.5, 0.6) is 0 Å². The van der Waals surface area contributed by atoms with Crippen molar-refractivity contribution in [1.82, 2.24) is 9.55 Å². The van der Waals surface area contributed by atoms with Gasteiger partial charge in [0.15, 0.2) is 0 Å². The molecule has 0 aliphatic carbocycles. The van der Waals surface area contributed by atoms with Gasteiger partial charge in [0.05, 0.1) is 11.8 Å². The lowest BCUT2D eigenvalue weighted by Gasteiger charge is -2.33. The number of anilines is 1. The lowest BCUT2D eigenvalue weighted by atomic mass is 10.1. The minimum atomic E-state index is 0.397. The minimum Gasteiger partial charge on any atom is -0.378 e. The van der Waals surface area contributed by atoms with Crippen LogP contribution in [0.3, 0.4) is 0 Å². The summed E-state index contributed by atoms with van der Waals surface area (Å²) in [6, 6.07) is 0. The molecule has 2 N–H and O–H groups in total. The molecule has 1 fully saturated rings. The number of piperidine rings is 1. The quantitative estimate of drug-likeness (QED) is 0.776. The van der Waals surface area contributed by atoms with Crippen LogP contribution in [0.15, 0.2) is 6.20 Å². The Morgan fingerprint density at radius 1 is 1.40 bits per heavy atom. The molecule has 1 aliphatic rings. The summed E-state index contributed by atoms with van der Waals surface area (Å²) in [7, 11) is 0. The zero-order chi connectivity index (χ0) is 14.4. The Hall–Kier alpha value is -1.07. The molecular formula is C15H28N4O. The van der Waals surface area contributed by atoms with E-state index < -0.39 is 0 Å². The lowest BCUT2D eigenvalue weighted by molar-refractivity contribution is 0.0364. The van der Waals surface area contributed by atoms with Crippen LogP contribution in [0.25, 0.3) is 0 Å². The number of imidazole rings is 1. The number of nitrogens with zero attached hydrogens (tertiary/aromatic N) is 3. The zero-order valence-electron chi connectivity index (χ0n) is 12.8. The van der Waals surface area contributed by atoms with E-state index in [4.69, 9.17) is 10.5 Å². The van der Waals surface area contributed by atoms with E-state index in [9.17, 15) is 0 Å². The normalized spacial score (nSPS) is 16.9. The van der Waals surface area contributed by atoms with E-state index in [1.54, 1.807) is 0 Å². The molecule has 2 rings (SSSR count). The second-order valence-corrected chi connectivity index (χ2v) is 5.58. The largest absolute Gasteiger partial charge is 0.378 e. The first kappa shape index (κ1) is 15.3. The Labute approximate surface area is 122 Å². The molecule has 1 aliphatic heterocycles. The number of hydrogen-bond donors (Lipinski definition) is 1. The van der Waals surface area contributed by atoms with E-state index in [-0.39, 0.29) is 0 Å². The molecule has 5 heteroatoms. The molecule has 20 heavy (non-hydrogen) atoms. The van der Waals surface area contributed by atoms with Crippen molar-refractivity contribution in [3.05, 3.63) is 11.9 Å². The van der Waals surface area contributed by atoms with Gasteiger partial charge in [-0.3, -0.25) is 0 Å².